The summed E-state index contributed by atoms with van der Waals surface area (Å²) in [7, 11) is 0. The highest BCUT2D eigenvalue weighted by Gasteiger charge is 2.24. The van der Waals surface area contributed by atoms with E-state index in [2.05, 4.69) is 59.5 Å². The van der Waals surface area contributed by atoms with Crippen LogP contribution in [-0.2, 0) is 19.3 Å². The molecule has 1 unspecified atom stereocenters. The SMILES string of the molecule is Cc1ccc2[nH]c(C)c(CCNC(=O)c3n[nH]c4c3CC(C)CC4)c2c1. The van der Waals surface area contributed by atoms with E-state index >= 15 is 0 Å². The van der Waals surface area contributed by atoms with Crippen molar-refractivity contribution >= 4 is 16.8 Å². The van der Waals surface area contributed by atoms with Gasteiger partial charge in [-0.3, -0.25) is 9.89 Å². The molecule has 136 valence electrons. The molecular weight excluding hydrogens is 324 g/mol. The van der Waals surface area contributed by atoms with E-state index < -0.39 is 0 Å². The number of nitrogens with zero attached hydrogens (tertiary/aromatic N) is 1. The number of carbonyl (C=O) groups excluding carboxylic acids is 1. The first kappa shape index (κ1) is 16.9. The predicted octanol–water partition coefficient (Wildman–Crippen LogP) is 3.61. The van der Waals surface area contributed by atoms with Gasteiger partial charge in [-0.2, -0.15) is 5.10 Å². The second kappa shape index (κ2) is 6.63. The van der Waals surface area contributed by atoms with Crippen molar-refractivity contribution in [2.24, 2.45) is 5.92 Å². The van der Waals surface area contributed by atoms with Gasteiger partial charge in [0.25, 0.3) is 5.91 Å². The molecule has 1 aliphatic rings. The van der Waals surface area contributed by atoms with E-state index in [1.807, 2.05) is 0 Å². The van der Waals surface area contributed by atoms with Gasteiger partial charge < -0.3 is 10.3 Å². The summed E-state index contributed by atoms with van der Waals surface area (Å²) in [6.45, 7) is 7.05. The van der Waals surface area contributed by atoms with Crippen molar-refractivity contribution in [1.29, 1.82) is 0 Å². The van der Waals surface area contributed by atoms with Gasteiger partial charge in [0.05, 0.1) is 0 Å². The molecule has 5 nitrogen and oxygen atoms in total. The molecule has 0 spiro atoms. The van der Waals surface area contributed by atoms with Gasteiger partial charge in [-0.05, 0) is 63.1 Å². The zero-order chi connectivity index (χ0) is 18.3. The lowest BCUT2D eigenvalue weighted by molar-refractivity contribution is 0.0948. The van der Waals surface area contributed by atoms with Crippen molar-refractivity contribution in [3.05, 3.63) is 52.0 Å². The first-order valence-corrected chi connectivity index (χ1v) is 9.45. The smallest absolute Gasteiger partial charge is 0.272 e. The summed E-state index contributed by atoms with van der Waals surface area (Å²) >= 11 is 0. The molecule has 1 atom stereocenters. The van der Waals surface area contributed by atoms with Crippen LogP contribution in [0.1, 0.15) is 51.9 Å². The zero-order valence-electron chi connectivity index (χ0n) is 15.7. The number of benzene rings is 1. The van der Waals surface area contributed by atoms with E-state index in [-0.39, 0.29) is 5.91 Å². The van der Waals surface area contributed by atoms with Crippen molar-refractivity contribution in [2.45, 2.75) is 46.5 Å². The van der Waals surface area contributed by atoms with Crippen LogP contribution in [0.15, 0.2) is 18.2 Å². The number of aryl methyl sites for hydroxylation is 3. The summed E-state index contributed by atoms with van der Waals surface area (Å²) in [4.78, 5) is 16.0. The molecule has 3 N–H and O–H groups in total. The number of aromatic amines is 2. The van der Waals surface area contributed by atoms with E-state index in [0.717, 1.165) is 42.5 Å². The molecule has 0 saturated carbocycles. The number of rotatable bonds is 4. The molecule has 0 fully saturated rings. The third-order valence-corrected chi connectivity index (χ3v) is 5.54. The Morgan fingerprint density at radius 3 is 3.04 bits per heavy atom. The molecule has 5 heteroatoms. The van der Waals surface area contributed by atoms with Gasteiger partial charge in [-0.1, -0.05) is 18.6 Å². The maximum absolute atomic E-state index is 12.6. The quantitative estimate of drug-likeness (QED) is 0.672. The largest absolute Gasteiger partial charge is 0.358 e. The number of hydrogen-bond donors (Lipinski definition) is 3. The van der Waals surface area contributed by atoms with Crippen molar-refractivity contribution in [1.82, 2.24) is 20.5 Å². The normalized spacial score (nSPS) is 16.7. The maximum Gasteiger partial charge on any atom is 0.272 e. The van der Waals surface area contributed by atoms with E-state index in [9.17, 15) is 4.79 Å². The molecule has 1 aromatic carbocycles. The van der Waals surface area contributed by atoms with E-state index in [0.29, 0.717) is 18.2 Å². The van der Waals surface area contributed by atoms with Gasteiger partial charge in [-0.15, -0.1) is 0 Å². The minimum absolute atomic E-state index is 0.0646. The monoisotopic (exact) mass is 350 g/mol. The fourth-order valence-electron chi connectivity index (χ4n) is 4.06. The summed E-state index contributed by atoms with van der Waals surface area (Å²) in [6.07, 6.45) is 3.90. The predicted molar refractivity (Wildman–Crippen MR) is 104 cm³/mol. The first-order valence-electron chi connectivity index (χ1n) is 9.45. The molecule has 0 radical (unpaired) electrons. The van der Waals surface area contributed by atoms with Crippen molar-refractivity contribution in [2.75, 3.05) is 6.54 Å². The Morgan fingerprint density at radius 1 is 1.35 bits per heavy atom. The summed E-state index contributed by atoms with van der Waals surface area (Å²) < 4.78 is 0. The molecule has 1 aliphatic carbocycles. The minimum Gasteiger partial charge on any atom is -0.358 e. The average Bonchev–Trinajstić information content (AvgIpc) is 3.15. The Labute approximate surface area is 153 Å². The Balaban J connectivity index is 1.46. The molecule has 0 aliphatic heterocycles. The Bertz CT molecular complexity index is 966. The number of carbonyl (C=O) groups is 1. The maximum atomic E-state index is 12.6. The Kier molecular flexibility index (Phi) is 4.31. The molecule has 1 amide bonds. The van der Waals surface area contributed by atoms with Crippen LogP contribution in [0.3, 0.4) is 0 Å². The van der Waals surface area contributed by atoms with E-state index in [4.69, 9.17) is 0 Å². The van der Waals surface area contributed by atoms with Crippen LogP contribution in [-0.4, -0.2) is 27.6 Å². The average molecular weight is 350 g/mol. The van der Waals surface area contributed by atoms with Gasteiger partial charge in [0.15, 0.2) is 5.69 Å². The zero-order valence-corrected chi connectivity index (χ0v) is 15.7. The van der Waals surface area contributed by atoms with Gasteiger partial charge >= 0.3 is 0 Å². The lowest BCUT2D eigenvalue weighted by Crippen LogP contribution is -2.27. The molecule has 26 heavy (non-hydrogen) atoms. The van der Waals surface area contributed by atoms with Crippen molar-refractivity contribution in [3.8, 4) is 0 Å². The number of nitrogens with one attached hydrogen (secondary N) is 3. The highest BCUT2D eigenvalue weighted by molar-refractivity contribution is 5.94. The highest BCUT2D eigenvalue weighted by Crippen LogP contribution is 2.26. The molecule has 2 aromatic heterocycles. The van der Waals surface area contributed by atoms with Crippen LogP contribution in [0.5, 0.6) is 0 Å². The molecule has 0 bridgehead atoms. The van der Waals surface area contributed by atoms with Crippen LogP contribution in [0.2, 0.25) is 0 Å². The first-order chi connectivity index (χ1) is 12.5. The summed E-state index contributed by atoms with van der Waals surface area (Å²) in [5.74, 6) is 0.550. The Morgan fingerprint density at radius 2 is 2.19 bits per heavy atom. The summed E-state index contributed by atoms with van der Waals surface area (Å²) in [5, 5.41) is 11.7. The fourth-order valence-corrected chi connectivity index (χ4v) is 4.06. The second-order valence-electron chi connectivity index (χ2n) is 7.66. The second-order valence-corrected chi connectivity index (χ2v) is 7.66. The van der Waals surface area contributed by atoms with Gasteiger partial charge in [0, 0.05) is 34.4 Å². The van der Waals surface area contributed by atoms with Crippen molar-refractivity contribution < 1.29 is 4.79 Å². The van der Waals surface area contributed by atoms with E-state index in [1.54, 1.807) is 0 Å². The molecule has 2 heterocycles. The van der Waals surface area contributed by atoms with Gasteiger partial charge in [0.1, 0.15) is 0 Å². The van der Waals surface area contributed by atoms with Crippen LogP contribution < -0.4 is 5.32 Å². The lowest BCUT2D eigenvalue weighted by atomic mass is 9.87. The van der Waals surface area contributed by atoms with Crippen molar-refractivity contribution in [3.63, 3.8) is 0 Å². The fraction of sp³-hybridized carbons (Fsp3) is 0.429. The molecule has 4 rings (SSSR count). The molecule has 3 aromatic rings. The molecule has 0 saturated heterocycles. The summed E-state index contributed by atoms with van der Waals surface area (Å²) in [6, 6.07) is 6.45. The van der Waals surface area contributed by atoms with E-state index in [1.165, 1.54) is 22.2 Å². The highest BCUT2D eigenvalue weighted by atomic mass is 16.1. The summed E-state index contributed by atoms with van der Waals surface area (Å²) in [5.41, 5.74) is 7.69. The third kappa shape index (κ3) is 3.02. The third-order valence-electron chi connectivity index (χ3n) is 5.54. The minimum atomic E-state index is -0.0646. The van der Waals surface area contributed by atoms with Crippen LogP contribution in [0, 0.1) is 19.8 Å². The lowest BCUT2D eigenvalue weighted by Gasteiger charge is -2.18. The van der Waals surface area contributed by atoms with Gasteiger partial charge in [-0.25, -0.2) is 0 Å². The Hall–Kier alpha value is -2.56. The van der Waals surface area contributed by atoms with Crippen LogP contribution >= 0.6 is 0 Å². The number of amides is 1. The molecular formula is C21H26N4O. The standard InChI is InChI=1S/C21H26N4O/c1-12-4-6-18-16(10-12)15(14(3)23-18)8-9-22-21(26)20-17-11-13(2)5-7-19(17)24-25-20/h4,6,10,13,23H,5,7-9,11H2,1-3H3,(H,22,26)(H,24,25). The van der Waals surface area contributed by atoms with Crippen LogP contribution in [0.25, 0.3) is 10.9 Å². The topological polar surface area (TPSA) is 73.6 Å². The van der Waals surface area contributed by atoms with Gasteiger partial charge in [0.2, 0.25) is 0 Å². The number of H-pyrrole nitrogens is 2. The number of fused-ring (bicyclic) bond motifs is 2. The number of hydrogen-bond acceptors (Lipinski definition) is 2. The van der Waals surface area contributed by atoms with Crippen LogP contribution in [0.4, 0.5) is 0 Å². The number of aromatic nitrogens is 3.